The summed E-state index contributed by atoms with van der Waals surface area (Å²) < 4.78 is 0. The summed E-state index contributed by atoms with van der Waals surface area (Å²) in [5, 5.41) is 5.76. The lowest BCUT2D eigenvalue weighted by Gasteiger charge is -2.16. The second kappa shape index (κ2) is 7.83. The monoisotopic (exact) mass is 226 g/mol. The summed E-state index contributed by atoms with van der Waals surface area (Å²) in [6, 6.07) is 0.707. The fraction of sp³-hybridized carbons (Fsp3) is 0.750. The van der Waals surface area contributed by atoms with E-state index in [0.717, 1.165) is 13.0 Å². The molecule has 1 N–H and O–H groups in total. The van der Waals surface area contributed by atoms with Crippen LogP contribution in [-0.4, -0.2) is 17.6 Å². The maximum atomic E-state index is 4.28. The number of hydrogen-bond acceptors (Lipinski definition) is 3. The van der Waals surface area contributed by atoms with Crippen LogP contribution < -0.4 is 5.32 Å². The Hall–Kier alpha value is -0.410. The van der Waals surface area contributed by atoms with Gasteiger partial charge in [-0.25, -0.2) is 4.98 Å². The van der Waals surface area contributed by atoms with Gasteiger partial charge in [0, 0.05) is 24.4 Å². The lowest BCUT2D eigenvalue weighted by Crippen LogP contribution is -2.30. The molecule has 1 aromatic heterocycles. The van der Waals surface area contributed by atoms with Gasteiger partial charge in [-0.1, -0.05) is 26.7 Å². The van der Waals surface area contributed by atoms with Crippen LogP contribution in [0.15, 0.2) is 10.9 Å². The fourth-order valence-electron chi connectivity index (χ4n) is 1.81. The van der Waals surface area contributed by atoms with Gasteiger partial charge in [0.25, 0.3) is 0 Å². The molecular formula is C12H22N2S. The third-order valence-corrected chi connectivity index (χ3v) is 3.21. The second-order valence-corrected chi connectivity index (χ2v) is 4.68. The maximum Gasteiger partial charge on any atom is 0.0794 e. The van der Waals surface area contributed by atoms with Crippen molar-refractivity contribution in [2.75, 3.05) is 6.54 Å². The number of rotatable bonds is 8. The molecule has 1 aromatic rings. The molecule has 15 heavy (non-hydrogen) atoms. The number of hydrogen-bond donors (Lipinski definition) is 1. The van der Waals surface area contributed by atoms with E-state index in [2.05, 4.69) is 29.5 Å². The molecular weight excluding hydrogens is 204 g/mol. The molecule has 3 heteroatoms. The Morgan fingerprint density at radius 1 is 1.33 bits per heavy atom. The van der Waals surface area contributed by atoms with Crippen molar-refractivity contribution in [2.45, 2.75) is 52.0 Å². The molecule has 0 amide bonds. The van der Waals surface area contributed by atoms with Crippen LogP contribution in [0.1, 0.15) is 45.2 Å². The Kier molecular flexibility index (Phi) is 6.60. The molecule has 0 saturated carbocycles. The van der Waals surface area contributed by atoms with Gasteiger partial charge in [0.2, 0.25) is 0 Å². The normalized spacial score (nSPS) is 11.1. The average molecular weight is 226 g/mol. The second-order valence-electron chi connectivity index (χ2n) is 3.96. The highest BCUT2D eigenvalue weighted by atomic mass is 32.1. The summed E-state index contributed by atoms with van der Waals surface area (Å²) in [5.41, 5.74) is 3.13. The van der Waals surface area contributed by atoms with E-state index in [4.69, 9.17) is 0 Å². The third-order valence-electron chi connectivity index (χ3n) is 2.57. The Morgan fingerprint density at radius 2 is 2.07 bits per heavy atom. The summed E-state index contributed by atoms with van der Waals surface area (Å²) in [6.45, 7) is 5.57. The molecule has 0 unspecified atom stereocenters. The van der Waals surface area contributed by atoms with E-state index in [1.54, 1.807) is 11.3 Å². The van der Waals surface area contributed by atoms with E-state index < -0.39 is 0 Å². The minimum absolute atomic E-state index is 0.707. The van der Waals surface area contributed by atoms with Gasteiger partial charge < -0.3 is 5.32 Å². The Labute approximate surface area is 97.1 Å². The highest BCUT2D eigenvalue weighted by Crippen LogP contribution is 2.05. The summed E-state index contributed by atoms with van der Waals surface area (Å²) >= 11 is 1.68. The van der Waals surface area contributed by atoms with Crippen molar-refractivity contribution in [3.05, 3.63) is 16.6 Å². The Bertz CT molecular complexity index is 228. The molecule has 1 heterocycles. The first kappa shape index (κ1) is 12.7. The van der Waals surface area contributed by atoms with Crippen LogP contribution in [0.2, 0.25) is 0 Å². The maximum absolute atomic E-state index is 4.28. The molecule has 0 fully saturated rings. The molecule has 0 saturated heterocycles. The van der Waals surface area contributed by atoms with E-state index in [1.165, 1.54) is 31.4 Å². The first-order valence-electron chi connectivity index (χ1n) is 5.97. The lowest BCUT2D eigenvalue weighted by atomic mass is 10.1. The van der Waals surface area contributed by atoms with Crippen molar-refractivity contribution in [1.82, 2.24) is 10.3 Å². The smallest absolute Gasteiger partial charge is 0.0794 e. The summed E-state index contributed by atoms with van der Waals surface area (Å²) in [4.78, 5) is 4.28. The predicted octanol–water partition coefficient (Wildman–Crippen LogP) is 3.24. The molecule has 86 valence electrons. The number of thiazole rings is 1. The summed E-state index contributed by atoms with van der Waals surface area (Å²) in [7, 11) is 0. The minimum Gasteiger partial charge on any atom is -0.314 e. The van der Waals surface area contributed by atoms with Crippen molar-refractivity contribution < 1.29 is 0 Å². The van der Waals surface area contributed by atoms with Gasteiger partial charge in [-0.05, 0) is 12.8 Å². The van der Waals surface area contributed by atoms with E-state index in [9.17, 15) is 0 Å². The van der Waals surface area contributed by atoms with Gasteiger partial charge in [-0.3, -0.25) is 0 Å². The molecule has 0 bridgehead atoms. The van der Waals surface area contributed by atoms with Crippen molar-refractivity contribution >= 4 is 11.3 Å². The van der Waals surface area contributed by atoms with Gasteiger partial charge in [0.05, 0.1) is 11.2 Å². The molecule has 0 aliphatic heterocycles. The van der Waals surface area contributed by atoms with E-state index in [1.807, 2.05) is 5.51 Å². The average Bonchev–Trinajstić information content (AvgIpc) is 2.71. The quantitative estimate of drug-likeness (QED) is 0.736. The molecule has 1 rings (SSSR count). The van der Waals surface area contributed by atoms with Crippen LogP contribution in [-0.2, 0) is 6.42 Å². The number of nitrogens with zero attached hydrogens (tertiary/aromatic N) is 1. The van der Waals surface area contributed by atoms with Gasteiger partial charge in [-0.2, -0.15) is 0 Å². The highest BCUT2D eigenvalue weighted by molar-refractivity contribution is 7.07. The van der Waals surface area contributed by atoms with Crippen molar-refractivity contribution in [1.29, 1.82) is 0 Å². The topological polar surface area (TPSA) is 24.9 Å². The summed E-state index contributed by atoms with van der Waals surface area (Å²) in [5.74, 6) is 0. The predicted molar refractivity (Wildman–Crippen MR) is 67.4 cm³/mol. The zero-order valence-corrected chi connectivity index (χ0v) is 10.6. The van der Waals surface area contributed by atoms with Crippen LogP contribution in [0.3, 0.4) is 0 Å². The zero-order chi connectivity index (χ0) is 10.9. The van der Waals surface area contributed by atoms with Gasteiger partial charge >= 0.3 is 0 Å². The van der Waals surface area contributed by atoms with E-state index in [0.29, 0.717) is 6.04 Å². The van der Waals surface area contributed by atoms with Crippen LogP contribution >= 0.6 is 11.3 Å². The van der Waals surface area contributed by atoms with E-state index >= 15 is 0 Å². The fourth-order valence-corrected chi connectivity index (χ4v) is 2.40. The lowest BCUT2D eigenvalue weighted by molar-refractivity contribution is 0.446. The Balaban J connectivity index is 2.15. The third kappa shape index (κ3) is 5.28. The van der Waals surface area contributed by atoms with Crippen LogP contribution in [0, 0.1) is 0 Å². The molecule has 0 aliphatic rings. The Morgan fingerprint density at radius 3 is 2.60 bits per heavy atom. The zero-order valence-electron chi connectivity index (χ0n) is 9.83. The van der Waals surface area contributed by atoms with Crippen molar-refractivity contribution in [3.63, 3.8) is 0 Å². The molecule has 0 aromatic carbocycles. The molecule has 0 radical (unpaired) electrons. The van der Waals surface area contributed by atoms with Crippen molar-refractivity contribution in [3.8, 4) is 0 Å². The van der Waals surface area contributed by atoms with Gasteiger partial charge in [-0.15, -0.1) is 11.3 Å². The van der Waals surface area contributed by atoms with E-state index in [-0.39, 0.29) is 0 Å². The van der Waals surface area contributed by atoms with Crippen LogP contribution in [0.25, 0.3) is 0 Å². The number of nitrogens with one attached hydrogen (secondary N) is 1. The highest BCUT2D eigenvalue weighted by Gasteiger charge is 2.05. The molecule has 0 atom stereocenters. The van der Waals surface area contributed by atoms with Crippen molar-refractivity contribution in [2.24, 2.45) is 0 Å². The number of aromatic nitrogens is 1. The molecule has 2 nitrogen and oxygen atoms in total. The van der Waals surface area contributed by atoms with Crippen LogP contribution in [0.4, 0.5) is 0 Å². The van der Waals surface area contributed by atoms with Crippen LogP contribution in [0.5, 0.6) is 0 Å². The van der Waals surface area contributed by atoms with Gasteiger partial charge in [0.15, 0.2) is 0 Å². The minimum atomic E-state index is 0.707. The standard InChI is InChI=1S/C12H22N2S/c1-3-5-11(6-4-2)13-8-7-12-9-15-10-14-12/h9-11,13H,3-8H2,1-2H3. The largest absolute Gasteiger partial charge is 0.314 e. The first-order chi connectivity index (χ1) is 7.36. The SMILES string of the molecule is CCCC(CCC)NCCc1cscn1. The summed E-state index contributed by atoms with van der Waals surface area (Å²) in [6.07, 6.45) is 6.20. The van der Waals surface area contributed by atoms with Gasteiger partial charge in [0.1, 0.15) is 0 Å². The first-order valence-corrected chi connectivity index (χ1v) is 6.91. The molecule has 0 spiro atoms. The molecule has 0 aliphatic carbocycles.